The molecule has 0 atom stereocenters. The zero-order valence-electron chi connectivity index (χ0n) is 8.59. The van der Waals surface area contributed by atoms with E-state index in [4.69, 9.17) is 14.3 Å². The Labute approximate surface area is 105 Å². The van der Waals surface area contributed by atoms with Gasteiger partial charge in [-0.2, -0.15) is 0 Å². The van der Waals surface area contributed by atoms with Crippen molar-refractivity contribution >= 4 is 21.9 Å². The normalized spacial score (nSPS) is 10.2. The fraction of sp³-hybridized carbons (Fsp3) is 0.0909. The first-order chi connectivity index (χ1) is 8.16. The van der Waals surface area contributed by atoms with Crippen molar-refractivity contribution in [1.82, 2.24) is 4.98 Å². The summed E-state index contributed by atoms with van der Waals surface area (Å²) in [5.41, 5.74) is 0.484. The van der Waals surface area contributed by atoms with E-state index in [1.54, 1.807) is 24.5 Å². The number of carboxylic acids is 1. The van der Waals surface area contributed by atoms with Crippen molar-refractivity contribution in [1.29, 1.82) is 0 Å². The van der Waals surface area contributed by atoms with Crippen molar-refractivity contribution in [2.24, 2.45) is 0 Å². The average Bonchev–Trinajstić information content (AvgIpc) is 2.74. The summed E-state index contributed by atoms with van der Waals surface area (Å²) in [7, 11) is 0. The number of carbonyl (C=O) groups is 1. The van der Waals surface area contributed by atoms with Gasteiger partial charge in [-0.3, -0.25) is 4.98 Å². The van der Waals surface area contributed by atoms with E-state index >= 15 is 0 Å². The maximum absolute atomic E-state index is 10.8. The average molecular weight is 298 g/mol. The summed E-state index contributed by atoms with van der Waals surface area (Å²) >= 11 is 3.26. The SMILES string of the molecule is O=C(O)c1occc1COc1cncc(Br)c1. The first-order valence-electron chi connectivity index (χ1n) is 4.70. The van der Waals surface area contributed by atoms with Crippen LogP contribution in [-0.4, -0.2) is 16.1 Å². The summed E-state index contributed by atoms with van der Waals surface area (Å²) in [6.45, 7) is 0.121. The topological polar surface area (TPSA) is 72.6 Å². The summed E-state index contributed by atoms with van der Waals surface area (Å²) < 4.78 is 11.0. The quantitative estimate of drug-likeness (QED) is 0.939. The van der Waals surface area contributed by atoms with Crippen LogP contribution in [0.15, 0.2) is 39.7 Å². The number of rotatable bonds is 4. The second-order valence-corrected chi connectivity index (χ2v) is 4.12. The van der Waals surface area contributed by atoms with Gasteiger partial charge in [-0.25, -0.2) is 4.79 Å². The van der Waals surface area contributed by atoms with E-state index in [2.05, 4.69) is 20.9 Å². The molecule has 0 aliphatic carbocycles. The molecule has 88 valence electrons. The first kappa shape index (κ1) is 11.7. The number of aromatic nitrogens is 1. The maximum Gasteiger partial charge on any atom is 0.372 e. The van der Waals surface area contributed by atoms with Gasteiger partial charge in [-0.15, -0.1) is 0 Å². The summed E-state index contributed by atoms with van der Waals surface area (Å²) in [6.07, 6.45) is 4.50. The van der Waals surface area contributed by atoms with Gasteiger partial charge in [0.25, 0.3) is 0 Å². The highest BCUT2D eigenvalue weighted by Gasteiger charge is 2.14. The second-order valence-electron chi connectivity index (χ2n) is 3.21. The highest BCUT2D eigenvalue weighted by Crippen LogP contribution is 2.18. The summed E-state index contributed by atoms with van der Waals surface area (Å²) in [4.78, 5) is 14.7. The van der Waals surface area contributed by atoms with Gasteiger partial charge in [0, 0.05) is 16.2 Å². The largest absolute Gasteiger partial charge is 0.487 e. The predicted octanol–water partition coefficient (Wildman–Crippen LogP) is 2.71. The fourth-order valence-corrected chi connectivity index (χ4v) is 1.61. The third kappa shape index (κ3) is 2.85. The molecule has 0 unspecified atom stereocenters. The Morgan fingerprint density at radius 3 is 3.06 bits per heavy atom. The standard InChI is InChI=1S/C11H8BrNO4/c12-8-3-9(5-13-4-8)17-6-7-1-2-16-10(7)11(14)15/h1-5H,6H2,(H,14,15). The Morgan fingerprint density at radius 2 is 2.35 bits per heavy atom. The molecule has 2 heterocycles. The van der Waals surface area contributed by atoms with Gasteiger partial charge in [-0.1, -0.05) is 0 Å². The van der Waals surface area contributed by atoms with Crippen LogP contribution in [-0.2, 0) is 6.61 Å². The van der Waals surface area contributed by atoms with Crippen molar-refractivity contribution in [3.05, 3.63) is 46.6 Å². The Kier molecular flexibility index (Phi) is 3.43. The third-order valence-corrected chi connectivity index (χ3v) is 2.45. The molecule has 0 spiro atoms. The minimum Gasteiger partial charge on any atom is -0.487 e. The minimum atomic E-state index is -1.11. The van der Waals surface area contributed by atoms with Crippen molar-refractivity contribution in [3.8, 4) is 5.75 Å². The summed E-state index contributed by atoms with van der Waals surface area (Å²) in [6, 6.07) is 3.31. The molecule has 5 nitrogen and oxygen atoms in total. The lowest BCUT2D eigenvalue weighted by Gasteiger charge is -2.04. The van der Waals surface area contributed by atoms with Crippen LogP contribution in [0.1, 0.15) is 16.1 Å². The van der Waals surface area contributed by atoms with Crippen molar-refractivity contribution in [3.63, 3.8) is 0 Å². The molecule has 2 aromatic heterocycles. The number of furan rings is 1. The number of carboxylic acid groups (broad SMARTS) is 1. The van der Waals surface area contributed by atoms with Gasteiger partial charge < -0.3 is 14.3 Å². The number of nitrogens with zero attached hydrogens (tertiary/aromatic N) is 1. The zero-order valence-corrected chi connectivity index (χ0v) is 10.2. The molecule has 2 rings (SSSR count). The van der Waals surface area contributed by atoms with E-state index in [1.807, 2.05) is 0 Å². The van der Waals surface area contributed by atoms with Crippen LogP contribution in [0.3, 0.4) is 0 Å². The first-order valence-corrected chi connectivity index (χ1v) is 5.49. The molecule has 0 aromatic carbocycles. The van der Waals surface area contributed by atoms with E-state index < -0.39 is 5.97 Å². The van der Waals surface area contributed by atoms with Gasteiger partial charge >= 0.3 is 5.97 Å². The smallest absolute Gasteiger partial charge is 0.372 e. The predicted molar refractivity (Wildman–Crippen MR) is 61.9 cm³/mol. The minimum absolute atomic E-state index is 0.104. The molecule has 0 bridgehead atoms. The number of hydrogen-bond acceptors (Lipinski definition) is 4. The molecule has 0 aliphatic heterocycles. The molecule has 17 heavy (non-hydrogen) atoms. The van der Waals surface area contributed by atoms with Crippen LogP contribution >= 0.6 is 15.9 Å². The van der Waals surface area contributed by atoms with Gasteiger partial charge in [0.1, 0.15) is 12.4 Å². The third-order valence-electron chi connectivity index (χ3n) is 2.02. The number of aromatic carboxylic acids is 1. The van der Waals surface area contributed by atoms with Crippen LogP contribution in [0, 0.1) is 0 Å². The van der Waals surface area contributed by atoms with Gasteiger partial charge in [0.15, 0.2) is 0 Å². The van der Waals surface area contributed by atoms with Crippen molar-refractivity contribution < 1.29 is 19.1 Å². The maximum atomic E-state index is 10.8. The van der Waals surface area contributed by atoms with Gasteiger partial charge in [0.05, 0.1) is 12.5 Å². The highest BCUT2D eigenvalue weighted by molar-refractivity contribution is 9.10. The van der Waals surface area contributed by atoms with E-state index in [9.17, 15) is 4.79 Å². The number of pyridine rings is 1. The Balaban J connectivity index is 2.07. The van der Waals surface area contributed by atoms with Gasteiger partial charge in [-0.05, 0) is 28.1 Å². The highest BCUT2D eigenvalue weighted by atomic mass is 79.9. The van der Waals surface area contributed by atoms with Gasteiger partial charge in [0.2, 0.25) is 5.76 Å². The molecule has 0 radical (unpaired) electrons. The fourth-order valence-electron chi connectivity index (χ4n) is 1.27. The van der Waals surface area contributed by atoms with E-state index in [0.717, 1.165) is 4.47 Å². The van der Waals surface area contributed by atoms with Crippen LogP contribution in [0.25, 0.3) is 0 Å². The van der Waals surface area contributed by atoms with Crippen molar-refractivity contribution in [2.75, 3.05) is 0 Å². The monoisotopic (exact) mass is 297 g/mol. The molecule has 0 aliphatic rings. The molecule has 0 amide bonds. The second kappa shape index (κ2) is 5.01. The molecule has 1 N–H and O–H groups in total. The van der Waals surface area contributed by atoms with Crippen LogP contribution in [0.5, 0.6) is 5.75 Å². The number of halogens is 1. The summed E-state index contributed by atoms with van der Waals surface area (Å²) in [5.74, 6) is -0.661. The lowest BCUT2D eigenvalue weighted by atomic mass is 10.2. The van der Waals surface area contributed by atoms with Crippen LogP contribution < -0.4 is 4.74 Å². The lowest BCUT2D eigenvalue weighted by Crippen LogP contribution is -2.02. The lowest BCUT2D eigenvalue weighted by molar-refractivity contribution is 0.0658. The molecular formula is C11H8BrNO4. The molecule has 0 fully saturated rings. The number of ether oxygens (including phenoxy) is 1. The van der Waals surface area contributed by atoms with E-state index in [0.29, 0.717) is 11.3 Å². The van der Waals surface area contributed by atoms with Crippen LogP contribution in [0.4, 0.5) is 0 Å². The molecule has 6 heteroatoms. The molecule has 0 saturated carbocycles. The Hall–Kier alpha value is -1.82. The molecular weight excluding hydrogens is 290 g/mol. The number of hydrogen-bond donors (Lipinski definition) is 1. The zero-order chi connectivity index (χ0) is 12.3. The van der Waals surface area contributed by atoms with Crippen LogP contribution in [0.2, 0.25) is 0 Å². The molecule has 0 saturated heterocycles. The Bertz CT molecular complexity index is 538. The van der Waals surface area contributed by atoms with E-state index in [-0.39, 0.29) is 12.4 Å². The Morgan fingerprint density at radius 1 is 1.53 bits per heavy atom. The van der Waals surface area contributed by atoms with Crippen molar-refractivity contribution in [2.45, 2.75) is 6.61 Å². The molecule has 2 aromatic rings. The van der Waals surface area contributed by atoms with E-state index in [1.165, 1.54) is 6.26 Å². The summed E-state index contributed by atoms with van der Waals surface area (Å²) in [5, 5.41) is 8.83.